The van der Waals surface area contributed by atoms with Gasteiger partial charge in [0.15, 0.2) is 0 Å². The highest BCUT2D eigenvalue weighted by Gasteiger charge is 2.27. The smallest absolute Gasteiger partial charge is 0.150 e. The Balaban J connectivity index is 1.71. The molecular formula is C14H22N4. The van der Waals surface area contributed by atoms with Gasteiger partial charge in [0.05, 0.1) is 5.69 Å². The molecule has 2 aliphatic rings. The highest BCUT2D eigenvalue weighted by Crippen LogP contribution is 2.25. The predicted octanol–water partition coefficient (Wildman–Crippen LogP) is 1.90. The Morgan fingerprint density at radius 3 is 2.83 bits per heavy atom. The van der Waals surface area contributed by atoms with E-state index >= 15 is 0 Å². The Morgan fingerprint density at radius 1 is 1.22 bits per heavy atom. The van der Waals surface area contributed by atoms with E-state index in [1.54, 1.807) is 6.20 Å². The lowest BCUT2D eigenvalue weighted by Gasteiger charge is -2.37. The van der Waals surface area contributed by atoms with Crippen molar-refractivity contribution in [2.24, 2.45) is 0 Å². The van der Waals surface area contributed by atoms with E-state index in [2.05, 4.69) is 27.1 Å². The van der Waals surface area contributed by atoms with Crippen molar-refractivity contribution in [1.29, 1.82) is 0 Å². The van der Waals surface area contributed by atoms with Crippen LogP contribution in [0.25, 0.3) is 0 Å². The van der Waals surface area contributed by atoms with Gasteiger partial charge < -0.3 is 10.2 Å². The number of hydrogen-bond acceptors (Lipinski definition) is 4. The molecule has 1 aliphatic heterocycles. The average Bonchev–Trinajstić information content (AvgIpc) is 3.22. The highest BCUT2D eigenvalue weighted by molar-refractivity contribution is 5.44. The number of nitrogens with zero attached hydrogens (tertiary/aromatic N) is 3. The summed E-state index contributed by atoms with van der Waals surface area (Å²) in [5, 5.41) is 3.66. The van der Waals surface area contributed by atoms with Gasteiger partial charge in [-0.15, -0.1) is 0 Å². The third-order valence-corrected chi connectivity index (χ3v) is 3.97. The maximum atomic E-state index is 4.53. The molecule has 1 aromatic rings. The summed E-state index contributed by atoms with van der Waals surface area (Å²) in [6.07, 6.45) is 10.2. The fourth-order valence-corrected chi connectivity index (χ4v) is 2.76. The van der Waals surface area contributed by atoms with Crippen LogP contribution in [-0.4, -0.2) is 35.1 Å². The van der Waals surface area contributed by atoms with E-state index in [0.29, 0.717) is 6.04 Å². The Hall–Kier alpha value is -1.16. The molecular weight excluding hydrogens is 224 g/mol. The molecule has 1 saturated carbocycles. The Kier molecular flexibility index (Phi) is 3.46. The first-order valence-electron chi connectivity index (χ1n) is 7.12. The molecule has 98 valence electrons. The van der Waals surface area contributed by atoms with Gasteiger partial charge in [0, 0.05) is 37.6 Å². The number of hydrogen-bond donors (Lipinski definition) is 1. The van der Waals surface area contributed by atoms with Crippen LogP contribution in [0.3, 0.4) is 0 Å². The first-order valence-corrected chi connectivity index (χ1v) is 7.12. The lowest BCUT2D eigenvalue weighted by atomic mass is 10.0. The van der Waals surface area contributed by atoms with Crippen molar-refractivity contribution in [3.05, 3.63) is 18.1 Å². The zero-order valence-electron chi connectivity index (χ0n) is 11.1. The van der Waals surface area contributed by atoms with Gasteiger partial charge in [0.2, 0.25) is 0 Å². The van der Waals surface area contributed by atoms with Crippen LogP contribution in [0, 0.1) is 6.92 Å². The zero-order valence-corrected chi connectivity index (χ0v) is 11.1. The van der Waals surface area contributed by atoms with E-state index in [9.17, 15) is 0 Å². The average molecular weight is 246 g/mol. The molecule has 3 rings (SSSR count). The fourth-order valence-electron chi connectivity index (χ4n) is 2.76. The number of aryl methyl sites for hydroxylation is 1. The minimum absolute atomic E-state index is 0.592. The molecule has 0 spiro atoms. The summed E-state index contributed by atoms with van der Waals surface area (Å²) in [5.41, 5.74) is 1.05. The van der Waals surface area contributed by atoms with Crippen LogP contribution >= 0.6 is 0 Å². The number of piperidine rings is 1. The topological polar surface area (TPSA) is 41.1 Å². The molecule has 1 atom stereocenters. The molecule has 1 aliphatic carbocycles. The summed E-state index contributed by atoms with van der Waals surface area (Å²) in [7, 11) is 0. The fraction of sp³-hybridized carbons (Fsp3) is 0.714. The maximum Gasteiger partial charge on any atom is 0.150 e. The molecule has 18 heavy (non-hydrogen) atoms. The molecule has 0 bridgehead atoms. The second-order valence-corrected chi connectivity index (χ2v) is 5.49. The molecule has 1 N–H and O–H groups in total. The third kappa shape index (κ3) is 2.64. The standard InChI is InChI=1S/C14H22N4/c1-11-14(16-8-7-15-11)18-9-3-2-4-13(18)10-17-12-5-6-12/h7-8,12-13,17H,2-6,9-10H2,1H3. The minimum atomic E-state index is 0.592. The van der Waals surface area contributed by atoms with E-state index in [4.69, 9.17) is 0 Å². The number of aromatic nitrogens is 2. The second-order valence-electron chi connectivity index (χ2n) is 5.49. The molecule has 4 heteroatoms. The SMILES string of the molecule is Cc1nccnc1N1CCCCC1CNC1CC1. The van der Waals surface area contributed by atoms with Crippen molar-refractivity contribution in [2.45, 2.75) is 51.1 Å². The molecule has 0 amide bonds. The largest absolute Gasteiger partial charge is 0.351 e. The number of rotatable bonds is 4. The monoisotopic (exact) mass is 246 g/mol. The summed E-state index contributed by atoms with van der Waals surface area (Å²) in [4.78, 5) is 11.4. The molecule has 0 radical (unpaired) electrons. The van der Waals surface area contributed by atoms with Crippen molar-refractivity contribution in [3.8, 4) is 0 Å². The van der Waals surface area contributed by atoms with Crippen molar-refractivity contribution in [2.75, 3.05) is 18.0 Å². The van der Waals surface area contributed by atoms with E-state index in [1.807, 2.05) is 6.20 Å². The summed E-state index contributed by atoms with van der Waals surface area (Å²) < 4.78 is 0. The molecule has 4 nitrogen and oxygen atoms in total. The van der Waals surface area contributed by atoms with E-state index in [0.717, 1.165) is 30.6 Å². The van der Waals surface area contributed by atoms with Gasteiger partial charge in [0.1, 0.15) is 5.82 Å². The number of anilines is 1. The van der Waals surface area contributed by atoms with Crippen LogP contribution in [0.4, 0.5) is 5.82 Å². The van der Waals surface area contributed by atoms with Gasteiger partial charge in [-0.25, -0.2) is 4.98 Å². The van der Waals surface area contributed by atoms with E-state index in [-0.39, 0.29) is 0 Å². The first kappa shape index (κ1) is 11.9. The van der Waals surface area contributed by atoms with Crippen LogP contribution in [0.1, 0.15) is 37.8 Å². The van der Waals surface area contributed by atoms with Crippen molar-refractivity contribution >= 4 is 5.82 Å². The summed E-state index contributed by atoms with van der Waals surface area (Å²) >= 11 is 0. The van der Waals surface area contributed by atoms with Gasteiger partial charge in [-0.1, -0.05) is 0 Å². The van der Waals surface area contributed by atoms with Gasteiger partial charge in [-0.05, 0) is 39.0 Å². The van der Waals surface area contributed by atoms with Crippen LogP contribution < -0.4 is 10.2 Å². The van der Waals surface area contributed by atoms with Crippen LogP contribution in [-0.2, 0) is 0 Å². The van der Waals surface area contributed by atoms with E-state index < -0.39 is 0 Å². The van der Waals surface area contributed by atoms with Crippen LogP contribution in [0.2, 0.25) is 0 Å². The summed E-state index contributed by atoms with van der Waals surface area (Å²) in [6, 6.07) is 1.38. The highest BCUT2D eigenvalue weighted by atomic mass is 15.2. The molecule has 1 unspecified atom stereocenters. The molecule has 1 saturated heterocycles. The minimum Gasteiger partial charge on any atom is -0.351 e. The third-order valence-electron chi connectivity index (χ3n) is 3.97. The summed E-state index contributed by atoms with van der Waals surface area (Å²) in [6.45, 7) is 4.28. The van der Waals surface area contributed by atoms with Crippen molar-refractivity contribution < 1.29 is 0 Å². The van der Waals surface area contributed by atoms with E-state index in [1.165, 1.54) is 32.1 Å². The molecule has 0 aromatic carbocycles. The Morgan fingerprint density at radius 2 is 2.06 bits per heavy atom. The normalized spacial score (nSPS) is 24.3. The van der Waals surface area contributed by atoms with Crippen LogP contribution in [0.5, 0.6) is 0 Å². The van der Waals surface area contributed by atoms with Gasteiger partial charge in [-0.3, -0.25) is 4.98 Å². The van der Waals surface area contributed by atoms with Gasteiger partial charge >= 0.3 is 0 Å². The maximum absolute atomic E-state index is 4.53. The Bertz CT molecular complexity index is 403. The van der Waals surface area contributed by atoms with Gasteiger partial charge in [0.25, 0.3) is 0 Å². The van der Waals surface area contributed by atoms with Crippen molar-refractivity contribution in [1.82, 2.24) is 15.3 Å². The number of nitrogens with one attached hydrogen (secondary N) is 1. The molecule has 2 heterocycles. The first-order chi connectivity index (χ1) is 8.84. The Labute approximate surface area is 109 Å². The predicted molar refractivity (Wildman–Crippen MR) is 72.8 cm³/mol. The van der Waals surface area contributed by atoms with Crippen molar-refractivity contribution in [3.63, 3.8) is 0 Å². The molecule has 2 fully saturated rings. The summed E-state index contributed by atoms with van der Waals surface area (Å²) in [5.74, 6) is 1.08. The molecule has 1 aromatic heterocycles. The lowest BCUT2D eigenvalue weighted by Crippen LogP contribution is -2.46. The van der Waals surface area contributed by atoms with Crippen LogP contribution in [0.15, 0.2) is 12.4 Å². The quantitative estimate of drug-likeness (QED) is 0.881. The zero-order chi connectivity index (χ0) is 12.4. The lowest BCUT2D eigenvalue weighted by molar-refractivity contribution is 0.430. The second kappa shape index (κ2) is 5.22. The van der Waals surface area contributed by atoms with Gasteiger partial charge in [-0.2, -0.15) is 0 Å².